The lowest BCUT2D eigenvalue weighted by Crippen LogP contribution is -2.21. The van der Waals surface area contributed by atoms with Gasteiger partial charge in [0.05, 0.1) is 11.4 Å². The van der Waals surface area contributed by atoms with Crippen molar-refractivity contribution in [1.29, 1.82) is 0 Å². The molecule has 1 saturated heterocycles. The molecule has 1 amide bonds. The largest absolute Gasteiger partial charge is 0.399 e. The molecule has 0 bridgehead atoms. The molecule has 2 aromatic carbocycles. The Morgan fingerprint density at radius 1 is 1.00 bits per heavy atom. The van der Waals surface area contributed by atoms with E-state index in [9.17, 15) is 4.79 Å². The lowest BCUT2D eigenvalue weighted by molar-refractivity contribution is 0.102. The molecule has 1 heterocycles. The monoisotopic (exact) mass is 281 g/mol. The number of anilines is 3. The summed E-state index contributed by atoms with van der Waals surface area (Å²) in [5, 5.41) is 3.00. The van der Waals surface area contributed by atoms with E-state index >= 15 is 0 Å². The molecule has 108 valence electrons. The van der Waals surface area contributed by atoms with Crippen molar-refractivity contribution in [3.8, 4) is 0 Å². The molecule has 0 spiro atoms. The first-order valence-corrected chi connectivity index (χ1v) is 7.25. The molecular formula is C17H19N3O. The van der Waals surface area contributed by atoms with E-state index in [0.717, 1.165) is 24.5 Å². The first-order chi connectivity index (χ1) is 10.2. The minimum Gasteiger partial charge on any atom is -0.399 e. The number of nitrogens with two attached hydrogens (primary N) is 1. The summed E-state index contributed by atoms with van der Waals surface area (Å²) in [6.07, 6.45) is 2.42. The smallest absolute Gasteiger partial charge is 0.255 e. The van der Waals surface area contributed by atoms with Gasteiger partial charge in [0.1, 0.15) is 0 Å². The number of para-hydroxylation sites is 2. The van der Waals surface area contributed by atoms with Crippen LogP contribution < -0.4 is 16.0 Å². The summed E-state index contributed by atoms with van der Waals surface area (Å²) < 4.78 is 0. The van der Waals surface area contributed by atoms with Gasteiger partial charge in [-0.25, -0.2) is 0 Å². The number of rotatable bonds is 3. The molecule has 4 nitrogen and oxygen atoms in total. The lowest BCUT2D eigenvalue weighted by atomic mass is 10.2. The molecule has 21 heavy (non-hydrogen) atoms. The summed E-state index contributed by atoms with van der Waals surface area (Å²) in [4.78, 5) is 14.6. The van der Waals surface area contributed by atoms with Crippen LogP contribution in [0.1, 0.15) is 23.2 Å². The van der Waals surface area contributed by atoms with Crippen molar-refractivity contribution in [2.24, 2.45) is 0 Å². The van der Waals surface area contributed by atoms with Crippen LogP contribution in [0.5, 0.6) is 0 Å². The Kier molecular flexibility index (Phi) is 3.77. The molecule has 1 aliphatic heterocycles. The quantitative estimate of drug-likeness (QED) is 0.850. The number of carbonyl (C=O) groups excluding carboxylic acids is 1. The summed E-state index contributed by atoms with van der Waals surface area (Å²) in [7, 11) is 0. The molecule has 0 unspecified atom stereocenters. The second-order valence-corrected chi connectivity index (χ2v) is 5.29. The summed E-state index contributed by atoms with van der Waals surface area (Å²) in [5.41, 5.74) is 8.87. The molecule has 3 N–H and O–H groups in total. The molecule has 1 aliphatic rings. The minimum atomic E-state index is -0.110. The van der Waals surface area contributed by atoms with Crippen LogP contribution in [-0.2, 0) is 0 Å². The van der Waals surface area contributed by atoms with E-state index < -0.39 is 0 Å². The Bertz CT molecular complexity index is 631. The molecule has 0 aliphatic carbocycles. The third-order valence-electron chi connectivity index (χ3n) is 3.77. The Morgan fingerprint density at radius 3 is 2.38 bits per heavy atom. The maximum absolute atomic E-state index is 12.3. The van der Waals surface area contributed by atoms with Crippen LogP contribution in [0.3, 0.4) is 0 Å². The zero-order chi connectivity index (χ0) is 14.7. The highest BCUT2D eigenvalue weighted by atomic mass is 16.1. The predicted octanol–water partition coefficient (Wildman–Crippen LogP) is 3.12. The molecular weight excluding hydrogens is 262 g/mol. The highest BCUT2D eigenvalue weighted by Gasteiger charge is 2.16. The van der Waals surface area contributed by atoms with Crippen LogP contribution in [0.2, 0.25) is 0 Å². The van der Waals surface area contributed by atoms with E-state index in [1.54, 1.807) is 24.3 Å². The normalized spacial score (nSPS) is 14.2. The van der Waals surface area contributed by atoms with Crippen LogP contribution in [0.25, 0.3) is 0 Å². The van der Waals surface area contributed by atoms with E-state index in [1.807, 2.05) is 18.2 Å². The molecule has 0 atom stereocenters. The summed E-state index contributed by atoms with van der Waals surface area (Å²) in [5.74, 6) is -0.110. The van der Waals surface area contributed by atoms with Gasteiger partial charge < -0.3 is 16.0 Å². The van der Waals surface area contributed by atoms with Gasteiger partial charge in [0.25, 0.3) is 5.91 Å². The van der Waals surface area contributed by atoms with Gasteiger partial charge >= 0.3 is 0 Å². The van der Waals surface area contributed by atoms with Crippen LogP contribution in [0.4, 0.5) is 17.1 Å². The van der Waals surface area contributed by atoms with Gasteiger partial charge in [0.2, 0.25) is 0 Å². The number of hydrogen-bond acceptors (Lipinski definition) is 3. The number of nitrogens with one attached hydrogen (secondary N) is 1. The SMILES string of the molecule is Nc1ccc(C(=O)Nc2ccccc2N2CCCC2)cc1. The van der Waals surface area contributed by atoms with Gasteiger partial charge in [-0.05, 0) is 49.2 Å². The zero-order valence-corrected chi connectivity index (χ0v) is 11.9. The molecule has 0 radical (unpaired) electrons. The van der Waals surface area contributed by atoms with Crippen LogP contribution in [-0.4, -0.2) is 19.0 Å². The van der Waals surface area contributed by atoms with Gasteiger partial charge in [-0.15, -0.1) is 0 Å². The Labute approximate surface area is 124 Å². The fourth-order valence-corrected chi connectivity index (χ4v) is 2.64. The van der Waals surface area contributed by atoms with Crippen molar-refractivity contribution < 1.29 is 4.79 Å². The van der Waals surface area contributed by atoms with Crippen molar-refractivity contribution in [2.45, 2.75) is 12.8 Å². The third kappa shape index (κ3) is 2.99. The fourth-order valence-electron chi connectivity index (χ4n) is 2.64. The van der Waals surface area contributed by atoms with Gasteiger partial charge in [0, 0.05) is 24.3 Å². The van der Waals surface area contributed by atoms with E-state index in [4.69, 9.17) is 5.73 Å². The van der Waals surface area contributed by atoms with Crippen molar-refractivity contribution in [1.82, 2.24) is 0 Å². The average molecular weight is 281 g/mol. The predicted molar refractivity (Wildman–Crippen MR) is 86.7 cm³/mol. The summed E-state index contributed by atoms with van der Waals surface area (Å²) in [6.45, 7) is 2.10. The molecule has 0 aromatic heterocycles. The number of hydrogen-bond donors (Lipinski definition) is 2. The Hall–Kier alpha value is -2.49. The topological polar surface area (TPSA) is 58.4 Å². The highest BCUT2D eigenvalue weighted by molar-refractivity contribution is 6.06. The minimum absolute atomic E-state index is 0.110. The van der Waals surface area contributed by atoms with Crippen LogP contribution >= 0.6 is 0 Å². The highest BCUT2D eigenvalue weighted by Crippen LogP contribution is 2.29. The van der Waals surface area contributed by atoms with Gasteiger partial charge in [-0.1, -0.05) is 12.1 Å². The van der Waals surface area contributed by atoms with Gasteiger partial charge in [-0.2, -0.15) is 0 Å². The molecule has 2 aromatic rings. The number of carbonyl (C=O) groups is 1. The number of benzene rings is 2. The number of nitrogens with zero attached hydrogens (tertiary/aromatic N) is 1. The first kappa shape index (κ1) is 13.5. The van der Waals surface area contributed by atoms with Crippen LogP contribution in [0, 0.1) is 0 Å². The second-order valence-electron chi connectivity index (χ2n) is 5.29. The number of nitrogen functional groups attached to an aromatic ring is 1. The number of amides is 1. The van der Waals surface area contributed by atoms with Crippen molar-refractivity contribution in [3.05, 3.63) is 54.1 Å². The zero-order valence-electron chi connectivity index (χ0n) is 11.9. The Morgan fingerprint density at radius 2 is 1.67 bits per heavy atom. The lowest BCUT2D eigenvalue weighted by Gasteiger charge is -2.21. The van der Waals surface area contributed by atoms with E-state index in [2.05, 4.69) is 16.3 Å². The maximum Gasteiger partial charge on any atom is 0.255 e. The summed E-state index contributed by atoms with van der Waals surface area (Å²) in [6, 6.07) is 14.9. The molecule has 3 rings (SSSR count). The fraction of sp³-hybridized carbons (Fsp3) is 0.235. The van der Waals surface area contributed by atoms with Gasteiger partial charge in [0.15, 0.2) is 0 Å². The molecule has 0 saturated carbocycles. The standard InChI is InChI=1S/C17H19N3O/c18-14-9-7-13(8-10-14)17(21)19-15-5-1-2-6-16(15)20-11-3-4-12-20/h1-2,5-10H,3-4,11-12,18H2,(H,19,21). The Balaban J connectivity index is 1.81. The third-order valence-corrected chi connectivity index (χ3v) is 3.77. The van der Waals surface area contributed by atoms with Crippen molar-refractivity contribution >= 4 is 23.0 Å². The average Bonchev–Trinajstić information content (AvgIpc) is 3.02. The second kappa shape index (κ2) is 5.87. The van der Waals surface area contributed by atoms with E-state index in [1.165, 1.54) is 12.8 Å². The molecule has 4 heteroatoms. The van der Waals surface area contributed by atoms with Crippen molar-refractivity contribution in [2.75, 3.05) is 29.0 Å². The van der Waals surface area contributed by atoms with E-state index in [-0.39, 0.29) is 5.91 Å². The first-order valence-electron chi connectivity index (χ1n) is 7.25. The summed E-state index contributed by atoms with van der Waals surface area (Å²) >= 11 is 0. The molecule has 1 fully saturated rings. The van der Waals surface area contributed by atoms with E-state index in [0.29, 0.717) is 11.3 Å². The maximum atomic E-state index is 12.3. The van der Waals surface area contributed by atoms with Crippen LogP contribution in [0.15, 0.2) is 48.5 Å². The van der Waals surface area contributed by atoms with Gasteiger partial charge in [-0.3, -0.25) is 4.79 Å². The van der Waals surface area contributed by atoms with Crippen molar-refractivity contribution in [3.63, 3.8) is 0 Å².